The van der Waals surface area contributed by atoms with Crippen molar-refractivity contribution in [1.82, 2.24) is 0 Å². The number of rotatable bonds is 5. The summed E-state index contributed by atoms with van der Waals surface area (Å²) in [6, 6.07) is 3.61. The molecule has 0 spiro atoms. The van der Waals surface area contributed by atoms with Crippen LogP contribution in [0.25, 0.3) is 0 Å². The molecule has 1 unspecified atom stereocenters. The molecule has 5 nitrogen and oxygen atoms in total. The average Bonchev–Trinajstić information content (AvgIpc) is 2.29. The van der Waals surface area contributed by atoms with E-state index in [0.717, 1.165) is 6.07 Å². The van der Waals surface area contributed by atoms with Gasteiger partial charge in [-0.3, -0.25) is 9.59 Å². The van der Waals surface area contributed by atoms with Gasteiger partial charge in [-0.1, -0.05) is 6.92 Å². The number of hydrogen-bond donors (Lipinski definition) is 2. The van der Waals surface area contributed by atoms with Gasteiger partial charge in [0, 0.05) is 6.07 Å². The second kappa shape index (κ2) is 6.00. The number of methoxy groups -OCH3 is 1. The monoisotopic (exact) mass is 255 g/mol. The number of benzene rings is 1. The molecule has 0 fully saturated rings. The molecule has 1 amide bonds. The number of ether oxygens (including phenoxy) is 1. The van der Waals surface area contributed by atoms with Crippen LogP contribution in [0.4, 0.5) is 10.1 Å². The molecule has 1 aromatic carbocycles. The van der Waals surface area contributed by atoms with E-state index in [9.17, 15) is 14.0 Å². The zero-order valence-electron chi connectivity index (χ0n) is 10.1. The zero-order chi connectivity index (χ0) is 13.7. The van der Waals surface area contributed by atoms with Crippen molar-refractivity contribution < 1.29 is 23.8 Å². The Morgan fingerprint density at radius 2 is 2.17 bits per heavy atom. The molecule has 0 aliphatic heterocycles. The Morgan fingerprint density at radius 1 is 1.50 bits per heavy atom. The van der Waals surface area contributed by atoms with Gasteiger partial charge in [-0.25, -0.2) is 4.39 Å². The fourth-order valence-corrected chi connectivity index (χ4v) is 1.47. The topological polar surface area (TPSA) is 75.6 Å². The van der Waals surface area contributed by atoms with E-state index in [1.54, 1.807) is 6.92 Å². The molecule has 0 heterocycles. The average molecular weight is 255 g/mol. The summed E-state index contributed by atoms with van der Waals surface area (Å²) in [5.41, 5.74) is 0.113. The first-order valence-electron chi connectivity index (χ1n) is 5.36. The van der Waals surface area contributed by atoms with Crippen LogP contribution in [-0.2, 0) is 9.59 Å². The van der Waals surface area contributed by atoms with Crippen molar-refractivity contribution in [2.75, 3.05) is 12.4 Å². The first-order chi connectivity index (χ1) is 8.49. The molecule has 1 atom stereocenters. The van der Waals surface area contributed by atoms with E-state index in [0.29, 0.717) is 0 Å². The highest BCUT2D eigenvalue weighted by molar-refractivity contribution is 6.04. The van der Waals surface area contributed by atoms with Crippen LogP contribution in [0, 0.1) is 11.7 Å². The number of aliphatic carboxylic acids is 1. The summed E-state index contributed by atoms with van der Waals surface area (Å²) < 4.78 is 18.0. The number of amides is 1. The highest BCUT2D eigenvalue weighted by atomic mass is 19.1. The normalized spacial score (nSPS) is 11.7. The van der Waals surface area contributed by atoms with Crippen molar-refractivity contribution in [1.29, 1.82) is 0 Å². The second-order valence-corrected chi connectivity index (χ2v) is 3.63. The van der Waals surface area contributed by atoms with E-state index < -0.39 is 23.6 Å². The molecule has 98 valence electrons. The van der Waals surface area contributed by atoms with Gasteiger partial charge in [0.15, 0.2) is 0 Å². The maximum atomic E-state index is 13.1. The molecule has 18 heavy (non-hydrogen) atoms. The molecule has 1 aromatic rings. The van der Waals surface area contributed by atoms with Crippen LogP contribution < -0.4 is 10.1 Å². The summed E-state index contributed by atoms with van der Waals surface area (Å²) in [5, 5.41) is 11.2. The molecule has 0 bridgehead atoms. The van der Waals surface area contributed by atoms with Gasteiger partial charge in [0.1, 0.15) is 17.5 Å². The third-order valence-corrected chi connectivity index (χ3v) is 2.44. The molecule has 0 aliphatic carbocycles. The van der Waals surface area contributed by atoms with Crippen molar-refractivity contribution in [3.8, 4) is 5.75 Å². The molecular formula is C12H14FNO4. The van der Waals surface area contributed by atoms with Gasteiger partial charge < -0.3 is 15.2 Å². The maximum Gasteiger partial charge on any atom is 0.316 e. The summed E-state index contributed by atoms with van der Waals surface area (Å²) in [4.78, 5) is 22.5. The van der Waals surface area contributed by atoms with Crippen molar-refractivity contribution >= 4 is 17.6 Å². The first kappa shape index (κ1) is 14.0. The van der Waals surface area contributed by atoms with Gasteiger partial charge in [0.2, 0.25) is 5.91 Å². The Bertz CT molecular complexity index is 461. The van der Waals surface area contributed by atoms with Gasteiger partial charge in [-0.2, -0.15) is 0 Å². The first-order valence-corrected chi connectivity index (χ1v) is 5.36. The minimum absolute atomic E-state index is 0.113. The fourth-order valence-electron chi connectivity index (χ4n) is 1.47. The van der Waals surface area contributed by atoms with Gasteiger partial charge in [0.25, 0.3) is 0 Å². The van der Waals surface area contributed by atoms with E-state index in [2.05, 4.69) is 5.32 Å². The molecule has 0 saturated carbocycles. The standard InChI is InChI=1S/C12H14FNO4/c1-3-8(12(16)17)11(15)14-9-6-7(13)4-5-10(9)18-2/h4-6,8H,3H2,1-2H3,(H,14,15)(H,16,17). The number of anilines is 1. The van der Waals surface area contributed by atoms with E-state index in [4.69, 9.17) is 9.84 Å². The Kier molecular flexibility index (Phi) is 4.65. The largest absolute Gasteiger partial charge is 0.495 e. The highest BCUT2D eigenvalue weighted by Crippen LogP contribution is 2.25. The Labute approximate surface area is 104 Å². The third kappa shape index (κ3) is 3.19. The van der Waals surface area contributed by atoms with Crippen LogP contribution in [0.3, 0.4) is 0 Å². The predicted octanol–water partition coefficient (Wildman–Crippen LogP) is 1.88. The lowest BCUT2D eigenvalue weighted by atomic mass is 10.1. The minimum Gasteiger partial charge on any atom is -0.495 e. The van der Waals surface area contributed by atoms with E-state index in [1.165, 1.54) is 19.2 Å². The van der Waals surface area contributed by atoms with Crippen LogP contribution in [0.2, 0.25) is 0 Å². The summed E-state index contributed by atoms with van der Waals surface area (Å²) in [6.07, 6.45) is 0.152. The lowest BCUT2D eigenvalue weighted by Crippen LogP contribution is -2.29. The van der Waals surface area contributed by atoms with Gasteiger partial charge in [0.05, 0.1) is 12.8 Å². The number of carboxylic acids is 1. The van der Waals surface area contributed by atoms with E-state index in [-0.39, 0.29) is 17.9 Å². The SMILES string of the molecule is CCC(C(=O)O)C(=O)Nc1cc(F)ccc1OC. The van der Waals surface area contributed by atoms with Crippen LogP contribution in [-0.4, -0.2) is 24.1 Å². The molecule has 0 aromatic heterocycles. The molecule has 0 saturated heterocycles. The smallest absolute Gasteiger partial charge is 0.316 e. The lowest BCUT2D eigenvalue weighted by molar-refractivity contribution is -0.145. The number of halogens is 1. The van der Waals surface area contributed by atoms with Gasteiger partial charge in [-0.15, -0.1) is 0 Å². The summed E-state index contributed by atoms with van der Waals surface area (Å²) >= 11 is 0. The van der Waals surface area contributed by atoms with Crippen LogP contribution >= 0.6 is 0 Å². The molecule has 1 rings (SSSR count). The maximum absolute atomic E-state index is 13.1. The Balaban J connectivity index is 2.93. The third-order valence-electron chi connectivity index (χ3n) is 2.44. The second-order valence-electron chi connectivity index (χ2n) is 3.63. The van der Waals surface area contributed by atoms with Gasteiger partial charge >= 0.3 is 5.97 Å². The minimum atomic E-state index is -1.22. The van der Waals surface area contributed by atoms with Crippen molar-refractivity contribution in [2.24, 2.45) is 5.92 Å². The van der Waals surface area contributed by atoms with Crippen LogP contribution in [0.5, 0.6) is 5.75 Å². The van der Waals surface area contributed by atoms with Crippen LogP contribution in [0.1, 0.15) is 13.3 Å². The molecule has 0 radical (unpaired) electrons. The number of carbonyl (C=O) groups is 2. The highest BCUT2D eigenvalue weighted by Gasteiger charge is 2.24. The lowest BCUT2D eigenvalue weighted by Gasteiger charge is -2.13. The predicted molar refractivity (Wildman–Crippen MR) is 63.0 cm³/mol. The van der Waals surface area contributed by atoms with Crippen molar-refractivity contribution in [2.45, 2.75) is 13.3 Å². The number of carbonyl (C=O) groups excluding carboxylic acids is 1. The van der Waals surface area contributed by atoms with E-state index >= 15 is 0 Å². The van der Waals surface area contributed by atoms with Crippen molar-refractivity contribution in [3.05, 3.63) is 24.0 Å². The molecule has 6 heteroatoms. The van der Waals surface area contributed by atoms with Crippen LogP contribution in [0.15, 0.2) is 18.2 Å². The summed E-state index contributed by atoms with van der Waals surface area (Å²) in [6.45, 7) is 1.58. The number of carboxylic acid groups (broad SMARTS) is 1. The summed E-state index contributed by atoms with van der Waals surface area (Å²) in [7, 11) is 1.37. The Morgan fingerprint density at radius 3 is 2.67 bits per heavy atom. The quantitative estimate of drug-likeness (QED) is 0.788. The van der Waals surface area contributed by atoms with Crippen molar-refractivity contribution in [3.63, 3.8) is 0 Å². The van der Waals surface area contributed by atoms with E-state index in [1.807, 2.05) is 0 Å². The molecule has 0 aliphatic rings. The van der Waals surface area contributed by atoms with Gasteiger partial charge in [-0.05, 0) is 18.6 Å². The molecular weight excluding hydrogens is 241 g/mol. The summed E-state index contributed by atoms with van der Waals surface area (Å²) in [5.74, 6) is -3.36. The Hall–Kier alpha value is -2.11. The zero-order valence-corrected chi connectivity index (χ0v) is 10.1. The fraction of sp³-hybridized carbons (Fsp3) is 0.333. The molecule has 2 N–H and O–H groups in total. The number of hydrogen-bond acceptors (Lipinski definition) is 3. The number of nitrogens with one attached hydrogen (secondary N) is 1.